The van der Waals surface area contributed by atoms with Crippen LogP contribution in [0.3, 0.4) is 0 Å². The van der Waals surface area contributed by atoms with Gasteiger partial charge in [-0.05, 0) is 17.9 Å². The molecule has 5 nitrogen and oxygen atoms in total. The van der Waals surface area contributed by atoms with Crippen molar-refractivity contribution in [1.29, 1.82) is 0 Å². The van der Waals surface area contributed by atoms with E-state index in [4.69, 9.17) is 0 Å². The Hall–Kier alpha value is -1.09. The van der Waals surface area contributed by atoms with E-state index in [1.54, 1.807) is 6.92 Å². The Balaban J connectivity index is 2.49. The number of hydrogen-bond acceptors (Lipinski definition) is 4. The topological polar surface area (TPSA) is 61.2 Å². The van der Waals surface area contributed by atoms with Crippen molar-refractivity contribution in [1.82, 2.24) is 9.78 Å². The fourth-order valence-corrected chi connectivity index (χ4v) is 1.96. The van der Waals surface area contributed by atoms with Gasteiger partial charge in [-0.25, -0.2) is 0 Å². The molecule has 0 saturated carbocycles. The first-order valence-electron chi connectivity index (χ1n) is 5.47. The van der Waals surface area contributed by atoms with Crippen LogP contribution in [-0.2, 0) is 27.3 Å². The first kappa shape index (κ1) is 16.0. The minimum absolute atomic E-state index is 0.0106. The number of nitrogens with zero attached hydrogens (tertiary/aromatic N) is 2. The zero-order chi connectivity index (χ0) is 14.7. The molecule has 9 heteroatoms. The molecule has 0 amide bonds. The molecule has 0 spiro atoms. The summed E-state index contributed by atoms with van der Waals surface area (Å²) in [6.07, 6.45) is -0.337. The molecule has 110 valence electrons. The number of hydrogen-bond donors (Lipinski definition) is 0. The molecule has 1 heterocycles. The van der Waals surface area contributed by atoms with E-state index in [1.807, 2.05) is 0 Å². The minimum Gasteiger partial charge on any atom is -0.270 e. The van der Waals surface area contributed by atoms with E-state index in [0.29, 0.717) is 12.0 Å². The van der Waals surface area contributed by atoms with E-state index in [2.05, 4.69) is 9.28 Å². The van der Waals surface area contributed by atoms with Crippen LogP contribution in [0.4, 0.5) is 13.2 Å². The van der Waals surface area contributed by atoms with Crippen molar-refractivity contribution >= 4 is 10.1 Å². The maximum atomic E-state index is 12.1. The predicted octanol–water partition coefficient (Wildman–Crippen LogP) is 1.60. The summed E-state index contributed by atoms with van der Waals surface area (Å²) in [6.45, 7) is 0.594. The normalized spacial score (nSPS) is 14.6. The van der Waals surface area contributed by atoms with Crippen LogP contribution in [-0.4, -0.2) is 37.2 Å². The average molecular weight is 300 g/mol. The molecule has 1 rings (SSSR count). The molecule has 0 saturated heterocycles. The van der Waals surface area contributed by atoms with Gasteiger partial charge in [0, 0.05) is 6.20 Å². The van der Waals surface area contributed by atoms with E-state index >= 15 is 0 Å². The maximum absolute atomic E-state index is 12.1. The Kier molecular flexibility index (Phi) is 4.97. The van der Waals surface area contributed by atoms with Crippen LogP contribution in [0.25, 0.3) is 0 Å². The highest BCUT2D eigenvalue weighted by molar-refractivity contribution is 7.85. The molecular weight excluding hydrogens is 285 g/mol. The van der Waals surface area contributed by atoms with Gasteiger partial charge >= 0.3 is 6.18 Å². The van der Waals surface area contributed by atoms with Gasteiger partial charge in [0.1, 0.15) is 6.54 Å². The molecule has 1 unspecified atom stereocenters. The van der Waals surface area contributed by atoms with Crippen molar-refractivity contribution < 1.29 is 25.8 Å². The average Bonchev–Trinajstić information content (AvgIpc) is 2.58. The standard InChI is InChI=1S/C10H15F3N2O3S/c1-8(6-18-19(2,16)17)3-9-4-14-15(5-9)7-10(11,12)13/h4-5,8H,3,6-7H2,1-2H3. The SMILES string of the molecule is CC(COS(C)(=O)=O)Cc1cnn(CC(F)(F)F)c1. The van der Waals surface area contributed by atoms with Gasteiger partial charge in [-0.3, -0.25) is 8.86 Å². The van der Waals surface area contributed by atoms with Gasteiger partial charge in [0.25, 0.3) is 10.1 Å². The number of aromatic nitrogens is 2. The van der Waals surface area contributed by atoms with E-state index in [9.17, 15) is 21.6 Å². The van der Waals surface area contributed by atoms with Gasteiger partial charge in [0.15, 0.2) is 0 Å². The zero-order valence-electron chi connectivity index (χ0n) is 10.5. The summed E-state index contributed by atoms with van der Waals surface area (Å²) in [5.41, 5.74) is 0.605. The lowest BCUT2D eigenvalue weighted by molar-refractivity contribution is -0.142. The summed E-state index contributed by atoms with van der Waals surface area (Å²) in [6, 6.07) is 0. The summed E-state index contributed by atoms with van der Waals surface area (Å²) in [4.78, 5) is 0. The summed E-state index contributed by atoms with van der Waals surface area (Å²) < 4.78 is 63.3. The first-order chi connectivity index (χ1) is 8.55. The van der Waals surface area contributed by atoms with Gasteiger partial charge in [-0.2, -0.15) is 26.7 Å². The molecule has 0 aliphatic rings. The fraction of sp³-hybridized carbons (Fsp3) is 0.700. The molecule has 0 aliphatic carbocycles. The van der Waals surface area contributed by atoms with E-state index in [1.165, 1.54) is 12.4 Å². The second-order valence-electron chi connectivity index (χ2n) is 4.46. The second kappa shape index (κ2) is 5.91. The molecule has 0 radical (unpaired) electrons. The molecule has 0 bridgehead atoms. The Morgan fingerprint density at radius 2 is 2.11 bits per heavy atom. The Morgan fingerprint density at radius 1 is 1.47 bits per heavy atom. The third kappa shape index (κ3) is 7.16. The van der Waals surface area contributed by atoms with Crippen molar-refractivity contribution in [3.05, 3.63) is 18.0 Å². The zero-order valence-corrected chi connectivity index (χ0v) is 11.3. The van der Waals surface area contributed by atoms with E-state index in [0.717, 1.165) is 10.9 Å². The minimum atomic E-state index is -4.31. The van der Waals surface area contributed by atoms with Gasteiger partial charge < -0.3 is 0 Å². The number of halogens is 3. The highest BCUT2D eigenvalue weighted by atomic mass is 32.2. The first-order valence-corrected chi connectivity index (χ1v) is 7.29. The van der Waals surface area contributed by atoms with Crippen molar-refractivity contribution in [2.75, 3.05) is 12.9 Å². The predicted molar refractivity (Wildman–Crippen MR) is 61.9 cm³/mol. The maximum Gasteiger partial charge on any atom is 0.408 e. The van der Waals surface area contributed by atoms with E-state index < -0.39 is 22.8 Å². The monoisotopic (exact) mass is 300 g/mol. The van der Waals surface area contributed by atoms with Crippen LogP contribution in [0.1, 0.15) is 12.5 Å². The van der Waals surface area contributed by atoms with Gasteiger partial charge in [0.05, 0.1) is 19.1 Å². The number of rotatable bonds is 6. The van der Waals surface area contributed by atoms with Crippen LogP contribution in [0.2, 0.25) is 0 Å². The highest BCUT2D eigenvalue weighted by Gasteiger charge is 2.28. The molecule has 0 aromatic carbocycles. The van der Waals surface area contributed by atoms with Crippen molar-refractivity contribution in [3.8, 4) is 0 Å². The van der Waals surface area contributed by atoms with Crippen LogP contribution in [0.15, 0.2) is 12.4 Å². The Morgan fingerprint density at radius 3 is 2.63 bits per heavy atom. The van der Waals surface area contributed by atoms with Crippen LogP contribution < -0.4 is 0 Å². The molecule has 0 fully saturated rings. The quantitative estimate of drug-likeness (QED) is 0.749. The molecule has 1 atom stereocenters. The van der Waals surface area contributed by atoms with Crippen LogP contribution >= 0.6 is 0 Å². The lowest BCUT2D eigenvalue weighted by atomic mass is 10.1. The molecule has 0 aliphatic heterocycles. The lowest BCUT2D eigenvalue weighted by Gasteiger charge is -2.09. The summed E-state index contributed by atoms with van der Waals surface area (Å²) in [7, 11) is -3.50. The molecule has 1 aromatic rings. The molecule has 1 aromatic heterocycles. The summed E-state index contributed by atoms with van der Waals surface area (Å²) >= 11 is 0. The number of alkyl halides is 3. The molecule has 0 N–H and O–H groups in total. The second-order valence-corrected chi connectivity index (χ2v) is 6.10. The van der Waals surface area contributed by atoms with Crippen LogP contribution in [0.5, 0.6) is 0 Å². The Labute approximate surface area is 109 Å². The van der Waals surface area contributed by atoms with Gasteiger partial charge in [-0.1, -0.05) is 6.92 Å². The smallest absolute Gasteiger partial charge is 0.270 e. The van der Waals surface area contributed by atoms with E-state index in [-0.39, 0.29) is 12.5 Å². The Bertz CT molecular complexity index is 510. The van der Waals surface area contributed by atoms with Crippen LogP contribution in [0, 0.1) is 5.92 Å². The van der Waals surface area contributed by atoms with Gasteiger partial charge in [-0.15, -0.1) is 0 Å². The molecule has 19 heavy (non-hydrogen) atoms. The largest absolute Gasteiger partial charge is 0.408 e. The van der Waals surface area contributed by atoms with Crippen molar-refractivity contribution in [2.45, 2.75) is 26.1 Å². The third-order valence-electron chi connectivity index (χ3n) is 2.18. The fourth-order valence-electron chi connectivity index (χ4n) is 1.48. The highest BCUT2D eigenvalue weighted by Crippen LogP contribution is 2.17. The molecular formula is C10H15F3N2O3S. The lowest BCUT2D eigenvalue weighted by Crippen LogP contribution is -2.17. The third-order valence-corrected chi connectivity index (χ3v) is 2.74. The van der Waals surface area contributed by atoms with Gasteiger partial charge in [0.2, 0.25) is 0 Å². The van der Waals surface area contributed by atoms with Crippen molar-refractivity contribution in [2.24, 2.45) is 5.92 Å². The summed E-state index contributed by atoms with van der Waals surface area (Å²) in [5, 5.41) is 3.60. The summed E-state index contributed by atoms with van der Waals surface area (Å²) in [5.74, 6) is -0.140. The van der Waals surface area contributed by atoms with Crippen molar-refractivity contribution in [3.63, 3.8) is 0 Å².